The zero-order valence-corrected chi connectivity index (χ0v) is 11.8. The Labute approximate surface area is 101 Å². The van der Waals surface area contributed by atoms with Gasteiger partial charge in [-0.2, -0.15) is 0 Å². The summed E-state index contributed by atoms with van der Waals surface area (Å²) in [4.78, 5) is 0. The molecule has 0 saturated carbocycles. The molecule has 0 aliphatic heterocycles. The van der Waals surface area contributed by atoms with Crippen molar-refractivity contribution in [3.63, 3.8) is 0 Å². The fourth-order valence-corrected chi connectivity index (χ4v) is 1.75. The molecule has 3 nitrogen and oxygen atoms in total. The molecule has 0 heterocycles. The third-order valence-electron chi connectivity index (χ3n) is 3.51. The third-order valence-corrected chi connectivity index (χ3v) is 3.51. The highest BCUT2D eigenvalue weighted by Crippen LogP contribution is 2.22. The summed E-state index contributed by atoms with van der Waals surface area (Å²) in [7, 11) is 1.99. The summed E-state index contributed by atoms with van der Waals surface area (Å²) in [5.41, 5.74) is 5.78. The van der Waals surface area contributed by atoms with Gasteiger partial charge < -0.3 is 15.8 Å². The van der Waals surface area contributed by atoms with Gasteiger partial charge in [0.2, 0.25) is 0 Å². The van der Waals surface area contributed by atoms with Crippen LogP contribution in [0.3, 0.4) is 0 Å². The number of nitrogens with one attached hydrogen (secondary N) is 1. The molecule has 3 N–H and O–H groups in total. The van der Waals surface area contributed by atoms with Crippen LogP contribution in [0.2, 0.25) is 0 Å². The van der Waals surface area contributed by atoms with Crippen LogP contribution in [0.4, 0.5) is 0 Å². The third kappa shape index (κ3) is 5.83. The van der Waals surface area contributed by atoms with Crippen molar-refractivity contribution in [2.24, 2.45) is 11.7 Å². The zero-order valence-electron chi connectivity index (χ0n) is 11.8. The number of rotatable bonds is 8. The van der Waals surface area contributed by atoms with Crippen molar-refractivity contribution in [2.45, 2.75) is 65.1 Å². The second-order valence-corrected chi connectivity index (χ2v) is 5.35. The average Bonchev–Trinajstić information content (AvgIpc) is 2.23. The summed E-state index contributed by atoms with van der Waals surface area (Å²) in [5.74, 6) is 0.518. The Kier molecular flexibility index (Phi) is 7.20. The van der Waals surface area contributed by atoms with Gasteiger partial charge in [-0.05, 0) is 46.6 Å². The van der Waals surface area contributed by atoms with Gasteiger partial charge in [-0.15, -0.1) is 0 Å². The molecule has 0 aliphatic rings. The average molecular weight is 230 g/mol. The van der Waals surface area contributed by atoms with Crippen LogP contribution in [0, 0.1) is 5.92 Å². The molecule has 0 rings (SSSR count). The van der Waals surface area contributed by atoms with E-state index in [1.807, 2.05) is 14.0 Å². The van der Waals surface area contributed by atoms with Crippen LogP contribution in [-0.4, -0.2) is 31.3 Å². The summed E-state index contributed by atoms with van der Waals surface area (Å²) < 4.78 is 6.05. The van der Waals surface area contributed by atoms with Gasteiger partial charge in [0.25, 0.3) is 0 Å². The fourth-order valence-electron chi connectivity index (χ4n) is 1.75. The molecule has 4 unspecified atom stereocenters. The Hall–Kier alpha value is -0.120. The van der Waals surface area contributed by atoms with Gasteiger partial charge in [-0.25, -0.2) is 0 Å². The van der Waals surface area contributed by atoms with Crippen molar-refractivity contribution in [3.8, 4) is 0 Å². The van der Waals surface area contributed by atoms with Crippen LogP contribution in [0.1, 0.15) is 47.5 Å². The molecule has 0 aromatic heterocycles. The van der Waals surface area contributed by atoms with E-state index in [1.165, 1.54) is 0 Å². The van der Waals surface area contributed by atoms with Crippen molar-refractivity contribution < 1.29 is 4.74 Å². The summed E-state index contributed by atoms with van der Waals surface area (Å²) in [6, 6.07) is 0.679. The molecule has 0 aliphatic carbocycles. The second kappa shape index (κ2) is 7.25. The van der Waals surface area contributed by atoms with E-state index in [-0.39, 0.29) is 11.6 Å². The Bertz CT molecular complexity index is 185. The lowest BCUT2D eigenvalue weighted by molar-refractivity contribution is -0.0599. The first-order chi connectivity index (χ1) is 7.34. The quantitative estimate of drug-likeness (QED) is 0.672. The van der Waals surface area contributed by atoms with Crippen molar-refractivity contribution in [3.05, 3.63) is 0 Å². The van der Waals surface area contributed by atoms with Crippen LogP contribution in [0.5, 0.6) is 0 Å². The molecule has 0 saturated heterocycles. The predicted octanol–water partition coefficient (Wildman–Crippen LogP) is 2.15. The highest BCUT2D eigenvalue weighted by Gasteiger charge is 2.25. The maximum absolute atomic E-state index is 6.05. The molecule has 4 atom stereocenters. The van der Waals surface area contributed by atoms with E-state index in [0.29, 0.717) is 12.0 Å². The number of ether oxygens (including phenoxy) is 1. The summed E-state index contributed by atoms with van der Waals surface area (Å²) in [6.45, 7) is 11.5. The molecule has 16 heavy (non-hydrogen) atoms. The molecule has 0 bridgehead atoms. The lowest BCUT2D eigenvalue weighted by Gasteiger charge is -2.32. The van der Waals surface area contributed by atoms with Gasteiger partial charge in [0.1, 0.15) is 0 Å². The monoisotopic (exact) mass is 230 g/mol. The molecule has 0 spiro atoms. The molecule has 0 radical (unpaired) electrons. The summed E-state index contributed by atoms with van der Waals surface area (Å²) >= 11 is 0. The van der Waals surface area contributed by atoms with E-state index < -0.39 is 0 Å². The molecule has 3 heteroatoms. The minimum atomic E-state index is -0.0735. The Morgan fingerprint density at radius 1 is 1.31 bits per heavy atom. The SMILES string of the molecule is CCC(C)(CC(C)N)OCC(C)C(C)NC. The Morgan fingerprint density at radius 2 is 1.88 bits per heavy atom. The smallest absolute Gasteiger partial charge is 0.0666 e. The normalized spacial score (nSPS) is 21.2. The lowest BCUT2D eigenvalue weighted by atomic mass is 9.94. The van der Waals surface area contributed by atoms with E-state index in [9.17, 15) is 0 Å². The van der Waals surface area contributed by atoms with Gasteiger partial charge in [0.15, 0.2) is 0 Å². The molecular weight excluding hydrogens is 200 g/mol. The van der Waals surface area contributed by atoms with Crippen LogP contribution < -0.4 is 11.1 Å². The van der Waals surface area contributed by atoms with Crippen LogP contribution in [0.25, 0.3) is 0 Å². The first-order valence-corrected chi connectivity index (χ1v) is 6.41. The van der Waals surface area contributed by atoms with Gasteiger partial charge >= 0.3 is 0 Å². The maximum atomic E-state index is 6.05. The lowest BCUT2D eigenvalue weighted by Crippen LogP contribution is -2.39. The standard InChI is InChI=1S/C13H30N2O/c1-7-13(5,8-11(3)14)16-9-10(2)12(4)15-6/h10-12,15H,7-9,14H2,1-6H3. The molecule has 0 fully saturated rings. The minimum Gasteiger partial charge on any atom is -0.375 e. The van der Waals surface area contributed by atoms with Gasteiger partial charge in [0, 0.05) is 12.1 Å². The fraction of sp³-hybridized carbons (Fsp3) is 1.00. The molecule has 0 amide bonds. The molecule has 0 aromatic rings. The first-order valence-electron chi connectivity index (χ1n) is 6.41. The summed E-state index contributed by atoms with van der Waals surface area (Å²) in [6.07, 6.45) is 1.93. The van der Waals surface area contributed by atoms with Crippen molar-refractivity contribution in [2.75, 3.05) is 13.7 Å². The second-order valence-electron chi connectivity index (χ2n) is 5.35. The van der Waals surface area contributed by atoms with E-state index in [1.54, 1.807) is 0 Å². The predicted molar refractivity (Wildman–Crippen MR) is 70.6 cm³/mol. The van der Waals surface area contributed by atoms with Crippen LogP contribution in [-0.2, 0) is 4.74 Å². The zero-order chi connectivity index (χ0) is 12.8. The Balaban J connectivity index is 4.12. The van der Waals surface area contributed by atoms with Crippen LogP contribution in [0.15, 0.2) is 0 Å². The highest BCUT2D eigenvalue weighted by molar-refractivity contribution is 4.78. The topological polar surface area (TPSA) is 47.3 Å². The maximum Gasteiger partial charge on any atom is 0.0666 e. The minimum absolute atomic E-state index is 0.0735. The Morgan fingerprint density at radius 3 is 2.25 bits per heavy atom. The van der Waals surface area contributed by atoms with E-state index in [2.05, 4.69) is 33.0 Å². The van der Waals surface area contributed by atoms with Gasteiger partial charge in [-0.3, -0.25) is 0 Å². The van der Waals surface area contributed by atoms with Crippen molar-refractivity contribution >= 4 is 0 Å². The van der Waals surface area contributed by atoms with E-state index >= 15 is 0 Å². The first kappa shape index (κ1) is 15.9. The summed E-state index contributed by atoms with van der Waals surface area (Å²) in [5, 5.41) is 3.26. The van der Waals surface area contributed by atoms with Gasteiger partial charge in [0.05, 0.1) is 12.2 Å². The van der Waals surface area contributed by atoms with Gasteiger partial charge in [-0.1, -0.05) is 13.8 Å². The van der Waals surface area contributed by atoms with E-state index in [4.69, 9.17) is 10.5 Å². The van der Waals surface area contributed by atoms with Crippen molar-refractivity contribution in [1.29, 1.82) is 0 Å². The highest BCUT2D eigenvalue weighted by atomic mass is 16.5. The van der Waals surface area contributed by atoms with E-state index in [0.717, 1.165) is 19.4 Å². The molecule has 0 aromatic carbocycles. The molecule has 98 valence electrons. The largest absolute Gasteiger partial charge is 0.375 e. The molecular formula is C13H30N2O. The van der Waals surface area contributed by atoms with Crippen molar-refractivity contribution in [1.82, 2.24) is 5.32 Å². The number of hydrogen-bond acceptors (Lipinski definition) is 3. The number of hydrogen-bond donors (Lipinski definition) is 2. The number of nitrogens with two attached hydrogens (primary N) is 1. The van der Waals surface area contributed by atoms with Crippen LogP contribution >= 0.6 is 0 Å².